The first-order valence-electron chi connectivity index (χ1n) is 8.21. The van der Waals surface area contributed by atoms with Gasteiger partial charge in [0.05, 0.1) is 5.39 Å². The van der Waals surface area contributed by atoms with E-state index in [2.05, 4.69) is 25.1 Å². The number of benzene rings is 2. The van der Waals surface area contributed by atoms with E-state index in [4.69, 9.17) is 10.2 Å². The van der Waals surface area contributed by atoms with Crippen LogP contribution in [0.25, 0.3) is 22.6 Å². The molecule has 3 aromatic rings. The predicted octanol–water partition coefficient (Wildman–Crippen LogP) is 3.69. The van der Waals surface area contributed by atoms with Crippen molar-refractivity contribution in [3.8, 4) is 0 Å². The Bertz CT molecular complexity index is 1110. The first-order chi connectivity index (χ1) is 12.0. The molecule has 25 heavy (non-hydrogen) atoms. The number of allylic oxidation sites excluding steroid dienone is 1. The number of amides is 1. The van der Waals surface area contributed by atoms with Crippen LogP contribution in [-0.4, -0.2) is 5.91 Å². The van der Waals surface area contributed by atoms with Crippen molar-refractivity contribution in [2.75, 3.05) is 0 Å². The standard InChI is InChI=1S/C21H17NO3/c1-12-4-2-3-5-13(12)10-14-6-8-16-19(23)17-11-15(21(22)24)7-9-18(17)25-20(14)16/h2-5,7,9-11H,6,8H2,1H3,(H2,22,24)/b14-10+. The van der Waals surface area contributed by atoms with Crippen LogP contribution in [0, 0.1) is 6.92 Å². The molecule has 0 bridgehead atoms. The number of carbonyl (C=O) groups excluding carboxylic acids is 1. The molecule has 0 radical (unpaired) electrons. The van der Waals surface area contributed by atoms with Gasteiger partial charge in [0, 0.05) is 11.1 Å². The van der Waals surface area contributed by atoms with Crippen molar-refractivity contribution >= 4 is 28.5 Å². The molecule has 0 saturated heterocycles. The Hall–Kier alpha value is -3.14. The molecule has 0 atom stereocenters. The molecule has 0 fully saturated rings. The summed E-state index contributed by atoms with van der Waals surface area (Å²) in [5.74, 6) is 0.106. The van der Waals surface area contributed by atoms with Crippen LogP contribution in [0.15, 0.2) is 51.7 Å². The molecule has 1 aromatic heterocycles. The van der Waals surface area contributed by atoms with E-state index in [1.54, 1.807) is 12.1 Å². The molecule has 4 nitrogen and oxygen atoms in total. The second kappa shape index (κ2) is 5.74. The van der Waals surface area contributed by atoms with Crippen molar-refractivity contribution in [2.24, 2.45) is 5.73 Å². The lowest BCUT2D eigenvalue weighted by atomic mass is 10.0. The molecule has 0 unspecified atom stereocenters. The Morgan fingerprint density at radius 2 is 1.96 bits per heavy atom. The van der Waals surface area contributed by atoms with Gasteiger partial charge in [0.2, 0.25) is 5.91 Å². The lowest BCUT2D eigenvalue weighted by Gasteiger charge is -2.06. The van der Waals surface area contributed by atoms with E-state index in [0.29, 0.717) is 34.3 Å². The third-order valence-electron chi connectivity index (χ3n) is 4.72. The maximum absolute atomic E-state index is 12.8. The first kappa shape index (κ1) is 15.4. The molecule has 2 aromatic carbocycles. The molecular formula is C21H17NO3. The topological polar surface area (TPSA) is 73.3 Å². The normalized spacial score (nSPS) is 14.8. The largest absolute Gasteiger partial charge is 0.456 e. The molecule has 0 spiro atoms. The van der Waals surface area contributed by atoms with Gasteiger partial charge < -0.3 is 10.2 Å². The van der Waals surface area contributed by atoms with E-state index >= 15 is 0 Å². The van der Waals surface area contributed by atoms with Crippen LogP contribution in [0.5, 0.6) is 0 Å². The number of rotatable bonds is 2. The van der Waals surface area contributed by atoms with E-state index in [0.717, 1.165) is 17.6 Å². The zero-order chi connectivity index (χ0) is 17.6. The van der Waals surface area contributed by atoms with Gasteiger partial charge in [-0.15, -0.1) is 0 Å². The number of nitrogens with two attached hydrogens (primary N) is 1. The average molecular weight is 331 g/mol. The fourth-order valence-electron chi connectivity index (χ4n) is 3.32. The van der Waals surface area contributed by atoms with Crippen molar-refractivity contribution in [1.82, 2.24) is 0 Å². The van der Waals surface area contributed by atoms with Crippen molar-refractivity contribution in [3.05, 3.63) is 80.7 Å². The monoisotopic (exact) mass is 331 g/mol. The van der Waals surface area contributed by atoms with Crippen molar-refractivity contribution < 1.29 is 9.21 Å². The summed E-state index contributed by atoms with van der Waals surface area (Å²) in [6.07, 6.45) is 3.50. The van der Waals surface area contributed by atoms with E-state index < -0.39 is 5.91 Å². The minimum Gasteiger partial charge on any atom is -0.456 e. The summed E-state index contributed by atoms with van der Waals surface area (Å²) in [4.78, 5) is 24.2. The highest BCUT2D eigenvalue weighted by atomic mass is 16.3. The summed E-state index contributed by atoms with van der Waals surface area (Å²) >= 11 is 0. The Kier molecular flexibility index (Phi) is 3.53. The molecule has 1 heterocycles. The van der Waals surface area contributed by atoms with E-state index in [9.17, 15) is 9.59 Å². The second-order valence-corrected chi connectivity index (χ2v) is 6.34. The molecule has 0 saturated carbocycles. The average Bonchev–Trinajstić information content (AvgIpc) is 3.00. The van der Waals surface area contributed by atoms with E-state index in [-0.39, 0.29) is 5.43 Å². The lowest BCUT2D eigenvalue weighted by molar-refractivity contribution is 0.100. The number of fused-ring (bicyclic) bond motifs is 2. The predicted molar refractivity (Wildman–Crippen MR) is 98.4 cm³/mol. The minimum absolute atomic E-state index is 0.0764. The molecule has 2 N–H and O–H groups in total. The molecule has 1 amide bonds. The Labute approximate surface area is 144 Å². The van der Waals surface area contributed by atoms with Crippen LogP contribution >= 0.6 is 0 Å². The Morgan fingerprint density at radius 3 is 2.72 bits per heavy atom. The van der Waals surface area contributed by atoms with Gasteiger partial charge in [-0.25, -0.2) is 0 Å². The van der Waals surface area contributed by atoms with Crippen LogP contribution < -0.4 is 11.2 Å². The van der Waals surface area contributed by atoms with Crippen LogP contribution in [0.4, 0.5) is 0 Å². The Morgan fingerprint density at radius 1 is 1.16 bits per heavy atom. The van der Waals surface area contributed by atoms with Crippen LogP contribution in [-0.2, 0) is 6.42 Å². The van der Waals surface area contributed by atoms with Gasteiger partial charge in [-0.3, -0.25) is 9.59 Å². The summed E-state index contributed by atoms with van der Waals surface area (Å²) in [7, 11) is 0. The number of primary amides is 1. The summed E-state index contributed by atoms with van der Waals surface area (Å²) in [5.41, 5.74) is 10.0. The van der Waals surface area contributed by atoms with Gasteiger partial charge in [0.25, 0.3) is 0 Å². The molecule has 4 rings (SSSR count). The molecule has 4 heteroatoms. The quantitative estimate of drug-likeness (QED) is 0.778. The summed E-state index contributed by atoms with van der Waals surface area (Å²) in [6.45, 7) is 2.06. The highest BCUT2D eigenvalue weighted by Gasteiger charge is 2.24. The fourth-order valence-corrected chi connectivity index (χ4v) is 3.32. The fraction of sp³-hybridized carbons (Fsp3) is 0.143. The zero-order valence-corrected chi connectivity index (χ0v) is 13.8. The van der Waals surface area contributed by atoms with Gasteiger partial charge in [0.15, 0.2) is 5.43 Å². The van der Waals surface area contributed by atoms with Gasteiger partial charge in [-0.05, 0) is 60.7 Å². The summed E-state index contributed by atoms with van der Waals surface area (Å²) in [5, 5.41) is 0.409. The highest BCUT2D eigenvalue weighted by Crippen LogP contribution is 2.34. The zero-order valence-electron chi connectivity index (χ0n) is 13.8. The molecule has 1 aliphatic carbocycles. The van der Waals surface area contributed by atoms with Gasteiger partial charge in [-0.1, -0.05) is 24.3 Å². The smallest absolute Gasteiger partial charge is 0.248 e. The van der Waals surface area contributed by atoms with Crippen LogP contribution in [0.2, 0.25) is 0 Å². The lowest BCUT2D eigenvalue weighted by Crippen LogP contribution is -2.13. The number of hydrogen-bond acceptors (Lipinski definition) is 3. The SMILES string of the molecule is Cc1ccccc1/C=C1\CCc2c1oc1ccc(C(N)=O)cc1c2=O. The summed E-state index contributed by atoms with van der Waals surface area (Å²) < 4.78 is 6.02. The van der Waals surface area contributed by atoms with E-state index in [1.165, 1.54) is 11.6 Å². The summed E-state index contributed by atoms with van der Waals surface area (Å²) in [6, 6.07) is 12.9. The van der Waals surface area contributed by atoms with Gasteiger partial charge >= 0.3 is 0 Å². The number of carbonyl (C=O) groups is 1. The van der Waals surface area contributed by atoms with Gasteiger partial charge in [-0.2, -0.15) is 0 Å². The molecule has 0 aliphatic heterocycles. The van der Waals surface area contributed by atoms with Crippen LogP contribution in [0.1, 0.15) is 39.2 Å². The van der Waals surface area contributed by atoms with Gasteiger partial charge in [0.1, 0.15) is 11.3 Å². The second-order valence-electron chi connectivity index (χ2n) is 6.34. The Balaban J connectivity index is 1.90. The molecular weight excluding hydrogens is 314 g/mol. The third kappa shape index (κ3) is 2.56. The van der Waals surface area contributed by atoms with E-state index in [1.807, 2.05) is 12.1 Å². The molecule has 1 aliphatic rings. The van der Waals surface area contributed by atoms with Crippen LogP contribution in [0.3, 0.4) is 0 Å². The third-order valence-corrected chi connectivity index (χ3v) is 4.72. The number of aryl methyl sites for hydroxylation is 1. The van der Waals surface area contributed by atoms with Crippen molar-refractivity contribution in [3.63, 3.8) is 0 Å². The first-order valence-corrected chi connectivity index (χ1v) is 8.21. The molecule has 124 valence electrons. The highest BCUT2D eigenvalue weighted by molar-refractivity contribution is 5.97. The van der Waals surface area contributed by atoms with Crippen molar-refractivity contribution in [2.45, 2.75) is 19.8 Å². The maximum Gasteiger partial charge on any atom is 0.248 e. The van der Waals surface area contributed by atoms with Crippen molar-refractivity contribution in [1.29, 1.82) is 0 Å². The minimum atomic E-state index is -0.554. The number of hydrogen-bond donors (Lipinski definition) is 1. The maximum atomic E-state index is 12.8.